The highest BCUT2D eigenvalue weighted by molar-refractivity contribution is 7.91. The van der Waals surface area contributed by atoms with Crippen molar-refractivity contribution in [3.05, 3.63) is 53.4 Å². The fourth-order valence-electron chi connectivity index (χ4n) is 2.00. The molecule has 3 aromatic rings. The summed E-state index contributed by atoms with van der Waals surface area (Å²) in [7, 11) is -3.77. The van der Waals surface area contributed by atoms with Gasteiger partial charge in [-0.15, -0.1) is 0 Å². The van der Waals surface area contributed by atoms with Crippen molar-refractivity contribution in [3.63, 3.8) is 0 Å². The Morgan fingerprint density at radius 1 is 1.18 bits per heavy atom. The van der Waals surface area contributed by atoms with E-state index in [9.17, 15) is 8.42 Å². The molecule has 114 valence electrons. The Kier molecular flexibility index (Phi) is 3.80. The van der Waals surface area contributed by atoms with Crippen LogP contribution < -0.4 is 0 Å². The average molecular weight is 338 g/mol. The summed E-state index contributed by atoms with van der Waals surface area (Å²) in [4.78, 5) is 4.23. The van der Waals surface area contributed by atoms with Gasteiger partial charge in [0.15, 0.2) is 5.76 Å². The molecule has 0 amide bonds. The first-order valence-electron chi connectivity index (χ1n) is 6.56. The topological polar surface area (TPSA) is 73.3 Å². The zero-order valence-electron chi connectivity index (χ0n) is 11.6. The number of sulfone groups is 1. The molecule has 7 heteroatoms. The van der Waals surface area contributed by atoms with E-state index in [0.717, 1.165) is 0 Å². The van der Waals surface area contributed by atoms with Crippen LogP contribution in [0.3, 0.4) is 0 Å². The highest BCUT2D eigenvalue weighted by atomic mass is 35.5. The first-order valence-corrected chi connectivity index (χ1v) is 8.42. The van der Waals surface area contributed by atoms with Crippen LogP contribution in [-0.4, -0.2) is 13.4 Å². The van der Waals surface area contributed by atoms with Crippen molar-refractivity contribution in [1.29, 1.82) is 0 Å². The predicted molar refractivity (Wildman–Crippen MR) is 80.5 cm³/mol. The lowest BCUT2D eigenvalue weighted by Gasteiger charge is -2.02. The molecule has 0 atom stereocenters. The standard InChI is InChI=1S/C15H12ClNO4S/c1-2-12-15(17-14(21-12)13-4-3-9-20-13)22(18,19)11-7-5-10(16)6-8-11/h3-9H,2H2,1H3. The molecule has 2 heterocycles. The summed E-state index contributed by atoms with van der Waals surface area (Å²) in [5.41, 5.74) is 0. The summed E-state index contributed by atoms with van der Waals surface area (Å²) in [5.74, 6) is 0.822. The van der Waals surface area contributed by atoms with Gasteiger partial charge in [0.25, 0.3) is 5.89 Å². The van der Waals surface area contributed by atoms with Gasteiger partial charge < -0.3 is 8.83 Å². The highest BCUT2D eigenvalue weighted by Crippen LogP contribution is 2.29. The summed E-state index contributed by atoms with van der Waals surface area (Å²) in [6, 6.07) is 9.26. The van der Waals surface area contributed by atoms with Crippen LogP contribution >= 0.6 is 11.6 Å². The number of oxazole rings is 1. The van der Waals surface area contributed by atoms with Gasteiger partial charge >= 0.3 is 0 Å². The highest BCUT2D eigenvalue weighted by Gasteiger charge is 2.28. The van der Waals surface area contributed by atoms with Gasteiger partial charge in [0.1, 0.15) is 5.76 Å². The normalized spacial score (nSPS) is 11.7. The van der Waals surface area contributed by atoms with Crippen LogP contribution in [0.25, 0.3) is 11.7 Å². The van der Waals surface area contributed by atoms with Crippen LogP contribution in [0.5, 0.6) is 0 Å². The molecular weight excluding hydrogens is 326 g/mol. The minimum absolute atomic E-state index is 0.0938. The van der Waals surface area contributed by atoms with E-state index < -0.39 is 9.84 Å². The number of nitrogens with zero attached hydrogens (tertiary/aromatic N) is 1. The van der Waals surface area contributed by atoms with E-state index in [2.05, 4.69) is 4.98 Å². The molecule has 0 spiro atoms. The third kappa shape index (κ3) is 2.55. The second-order valence-electron chi connectivity index (χ2n) is 4.54. The maximum atomic E-state index is 12.7. The monoisotopic (exact) mass is 337 g/mol. The Hall–Kier alpha value is -2.05. The molecule has 0 radical (unpaired) electrons. The second-order valence-corrected chi connectivity index (χ2v) is 6.84. The molecule has 0 aliphatic rings. The molecule has 1 aromatic carbocycles. The van der Waals surface area contributed by atoms with E-state index in [4.69, 9.17) is 20.4 Å². The van der Waals surface area contributed by atoms with Crippen LogP contribution in [0.1, 0.15) is 12.7 Å². The largest absolute Gasteiger partial charge is 0.459 e. The van der Waals surface area contributed by atoms with Gasteiger partial charge in [0.2, 0.25) is 14.9 Å². The summed E-state index contributed by atoms with van der Waals surface area (Å²) < 4.78 is 36.2. The zero-order chi connectivity index (χ0) is 15.7. The average Bonchev–Trinajstić information content (AvgIpc) is 3.16. The summed E-state index contributed by atoms with van der Waals surface area (Å²) in [6.07, 6.45) is 1.87. The van der Waals surface area contributed by atoms with Gasteiger partial charge in [-0.05, 0) is 36.4 Å². The minimum atomic E-state index is -3.77. The number of hydrogen-bond donors (Lipinski definition) is 0. The number of hydrogen-bond acceptors (Lipinski definition) is 5. The van der Waals surface area contributed by atoms with Crippen molar-refractivity contribution in [3.8, 4) is 11.7 Å². The maximum Gasteiger partial charge on any atom is 0.264 e. The van der Waals surface area contributed by atoms with Crippen molar-refractivity contribution in [2.24, 2.45) is 0 Å². The fourth-order valence-corrected chi connectivity index (χ4v) is 3.53. The van der Waals surface area contributed by atoms with Crippen molar-refractivity contribution < 1.29 is 17.3 Å². The number of rotatable bonds is 4. The third-order valence-corrected chi connectivity index (χ3v) is 5.07. The molecule has 0 unspecified atom stereocenters. The van der Waals surface area contributed by atoms with E-state index in [0.29, 0.717) is 23.0 Å². The lowest BCUT2D eigenvalue weighted by Crippen LogP contribution is -2.05. The Balaban J connectivity index is 2.12. The van der Waals surface area contributed by atoms with E-state index in [1.54, 1.807) is 19.1 Å². The number of aryl methyl sites for hydroxylation is 1. The van der Waals surface area contributed by atoms with E-state index in [1.165, 1.54) is 30.5 Å². The molecule has 0 fully saturated rings. The quantitative estimate of drug-likeness (QED) is 0.719. The molecule has 0 aliphatic carbocycles. The van der Waals surface area contributed by atoms with Gasteiger partial charge in [0, 0.05) is 11.4 Å². The Bertz CT molecular complexity index is 880. The van der Waals surface area contributed by atoms with Crippen molar-refractivity contribution in [1.82, 2.24) is 4.98 Å². The molecule has 0 N–H and O–H groups in total. The molecule has 0 aliphatic heterocycles. The molecule has 2 aromatic heterocycles. The molecule has 0 saturated heterocycles. The number of aromatic nitrogens is 1. The van der Waals surface area contributed by atoms with Crippen LogP contribution in [0, 0.1) is 0 Å². The van der Waals surface area contributed by atoms with Crippen LogP contribution in [0.4, 0.5) is 0 Å². The van der Waals surface area contributed by atoms with Crippen molar-refractivity contribution in [2.75, 3.05) is 0 Å². The van der Waals surface area contributed by atoms with Crippen LogP contribution in [0.2, 0.25) is 5.02 Å². The van der Waals surface area contributed by atoms with E-state index in [1.807, 2.05) is 0 Å². The van der Waals surface area contributed by atoms with E-state index >= 15 is 0 Å². The van der Waals surface area contributed by atoms with Crippen molar-refractivity contribution in [2.45, 2.75) is 23.3 Å². The van der Waals surface area contributed by atoms with Crippen LogP contribution in [-0.2, 0) is 16.3 Å². The minimum Gasteiger partial charge on any atom is -0.459 e. The van der Waals surface area contributed by atoms with E-state index in [-0.39, 0.29) is 15.8 Å². The Morgan fingerprint density at radius 2 is 1.91 bits per heavy atom. The summed E-state index contributed by atoms with van der Waals surface area (Å²) >= 11 is 5.80. The lowest BCUT2D eigenvalue weighted by atomic mass is 10.4. The lowest BCUT2D eigenvalue weighted by molar-refractivity contribution is 0.486. The molecule has 0 saturated carbocycles. The Morgan fingerprint density at radius 3 is 2.50 bits per heavy atom. The molecule has 3 rings (SSSR count). The molecule has 0 bridgehead atoms. The molecular formula is C15H12ClNO4S. The number of halogens is 1. The first-order chi connectivity index (χ1) is 10.5. The van der Waals surface area contributed by atoms with Crippen molar-refractivity contribution >= 4 is 21.4 Å². The number of benzene rings is 1. The summed E-state index contributed by atoms with van der Waals surface area (Å²) in [5, 5.41) is 0.370. The second kappa shape index (κ2) is 5.62. The van der Waals surface area contributed by atoms with Crippen LogP contribution in [0.15, 0.2) is 61.4 Å². The SMILES string of the molecule is CCc1oc(-c2ccco2)nc1S(=O)(=O)c1ccc(Cl)cc1. The van der Waals surface area contributed by atoms with Gasteiger partial charge in [-0.3, -0.25) is 0 Å². The third-order valence-electron chi connectivity index (χ3n) is 3.09. The van der Waals surface area contributed by atoms with Gasteiger partial charge in [-0.25, -0.2) is 8.42 Å². The van der Waals surface area contributed by atoms with Gasteiger partial charge in [-0.1, -0.05) is 18.5 Å². The maximum absolute atomic E-state index is 12.7. The first kappa shape index (κ1) is 14.9. The molecule has 5 nitrogen and oxygen atoms in total. The Labute approximate surface area is 132 Å². The zero-order valence-corrected chi connectivity index (χ0v) is 13.2. The predicted octanol–water partition coefficient (Wildman–Crippen LogP) is 3.98. The molecule has 22 heavy (non-hydrogen) atoms. The number of furan rings is 1. The van der Waals surface area contributed by atoms with Gasteiger partial charge in [0.05, 0.1) is 11.2 Å². The summed E-state index contributed by atoms with van der Waals surface area (Å²) in [6.45, 7) is 1.80. The van der Waals surface area contributed by atoms with Gasteiger partial charge in [-0.2, -0.15) is 4.98 Å². The smallest absolute Gasteiger partial charge is 0.264 e. The fraction of sp³-hybridized carbons (Fsp3) is 0.133.